The molecule has 0 saturated heterocycles. The Bertz CT molecular complexity index is 560. The van der Waals surface area contributed by atoms with Crippen LogP contribution in [-0.4, -0.2) is 0 Å². The van der Waals surface area contributed by atoms with Crippen molar-refractivity contribution in [3.63, 3.8) is 0 Å². The molecule has 0 bridgehead atoms. The summed E-state index contributed by atoms with van der Waals surface area (Å²) in [6.45, 7) is 1.04. The Kier molecular flexibility index (Phi) is 4.91. The molecule has 2 aromatic rings. The molecular formula is C15H15ClFNO. The Hall–Kier alpha value is -1.42. The average molecular weight is 280 g/mol. The van der Waals surface area contributed by atoms with E-state index in [2.05, 4.69) is 0 Å². The van der Waals surface area contributed by atoms with Crippen LogP contribution in [0.15, 0.2) is 42.5 Å². The van der Waals surface area contributed by atoms with E-state index in [1.165, 1.54) is 12.1 Å². The summed E-state index contributed by atoms with van der Waals surface area (Å²) < 4.78 is 18.8. The van der Waals surface area contributed by atoms with Gasteiger partial charge >= 0.3 is 0 Å². The molecule has 100 valence electrons. The molecule has 2 rings (SSSR count). The maximum absolute atomic E-state index is 13.3. The molecule has 0 spiro atoms. The van der Waals surface area contributed by atoms with E-state index < -0.39 is 0 Å². The van der Waals surface area contributed by atoms with Crippen molar-refractivity contribution in [3.8, 4) is 0 Å². The molecule has 2 N–H and O–H groups in total. The lowest BCUT2D eigenvalue weighted by molar-refractivity contribution is 0.107. The van der Waals surface area contributed by atoms with Gasteiger partial charge in [-0.15, -0.1) is 0 Å². The number of ether oxygens (including phenoxy) is 1. The van der Waals surface area contributed by atoms with Gasteiger partial charge in [0.15, 0.2) is 0 Å². The van der Waals surface area contributed by atoms with E-state index >= 15 is 0 Å². The van der Waals surface area contributed by atoms with Crippen molar-refractivity contribution in [2.24, 2.45) is 5.73 Å². The number of nitrogens with two attached hydrogens (primary N) is 1. The number of hydrogen-bond donors (Lipinski definition) is 1. The van der Waals surface area contributed by atoms with Gasteiger partial charge in [-0.25, -0.2) is 4.39 Å². The lowest BCUT2D eigenvalue weighted by Gasteiger charge is -2.07. The van der Waals surface area contributed by atoms with Gasteiger partial charge in [0.1, 0.15) is 5.82 Å². The van der Waals surface area contributed by atoms with Gasteiger partial charge in [-0.2, -0.15) is 0 Å². The number of hydrogen-bond acceptors (Lipinski definition) is 2. The van der Waals surface area contributed by atoms with Gasteiger partial charge in [0, 0.05) is 11.6 Å². The van der Waals surface area contributed by atoms with Crippen molar-refractivity contribution in [1.29, 1.82) is 0 Å². The molecule has 0 amide bonds. The first-order valence-electron chi connectivity index (χ1n) is 5.98. The minimum Gasteiger partial charge on any atom is -0.372 e. The fraction of sp³-hybridized carbons (Fsp3) is 0.200. The molecule has 19 heavy (non-hydrogen) atoms. The van der Waals surface area contributed by atoms with Gasteiger partial charge in [-0.05, 0) is 34.9 Å². The molecular weight excluding hydrogens is 265 g/mol. The molecule has 0 heterocycles. The highest BCUT2D eigenvalue weighted by Gasteiger charge is 2.02. The Labute approximate surface area is 117 Å². The lowest BCUT2D eigenvalue weighted by Crippen LogP contribution is -2.00. The van der Waals surface area contributed by atoms with Crippen LogP contribution in [0.3, 0.4) is 0 Å². The molecule has 4 heteroatoms. The standard InChI is InChI=1S/C15H15ClFNO/c16-15-4-2-1-3-13(15)10-19-9-12-5-11(8-18)6-14(17)7-12/h1-7H,8-10,18H2. The largest absolute Gasteiger partial charge is 0.372 e. The monoisotopic (exact) mass is 279 g/mol. The molecule has 0 radical (unpaired) electrons. The first kappa shape index (κ1) is 14.0. The molecule has 2 nitrogen and oxygen atoms in total. The van der Waals surface area contributed by atoms with Crippen LogP contribution >= 0.6 is 11.6 Å². The van der Waals surface area contributed by atoms with Crippen LogP contribution in [0.5, 0.6) is 0 Å². The fourth-order valence-corrected chi connectivity index (χ4v) is 2.00. The van der Waals surface area contributed by atoms with Crippen molar-refractivity contribution < 1.29 is 9.13 Å². The van der Waals surface area contributed by atoms with E-state index in [1.54, 1.807) is 0 Å². The van der Waals surface area contributed by atoms with Gasteiger partial charge in [0.05, 0.1) is 13.2 Å². The highest BCUT2D eigenvalue weighted by Crippen LogP contribution is 2.17. The third-order valence-corrected chi connectivity index (χ3v) is 3.11. The average Bonchev–Trinajstić information content (AvgIpc) is 2.40. The molecule has 0 aliphatic heterocycles. The first-order valence-corrected chi connectivity index (χ1v) is 6.36. The molecule has 0 saturated carbocycles. The molecule has 0 aromatic heterocycles. The van der Waals surface area contributed by atoms with Crippen molar-refractivity contribution >= 4 is 11.6 Å². The number of benzene rings is 2. The molecule has 0 fully saturated rings. The zero-order valence-corrected chi connectivity index (χ0v) is 11.2. The number of halogens is 2. The van der Waals surface area contributed by atoms with Crippen molar-refractivity contribution in [2.45, 2.75) is 19.8 Å². The Balaban J connectivity index is 1.96. The predicted octanol–water partition coefficient (Wildman–Crippen LogP) is 3.65. The van der Waals surface area contributed by atoms with Gasteiger partial charge in [-0.1, -0.05) is 35.9 Å². The summed E-state index contributed by atoms with van der Waals surface area (Å²) in [6, 6.07) is 12.2. The smallest absolute Gasteiger partial charge is 0.123 e. The highest BCUT2D eigenvalue weighted by atomic mass is 35.5. The maximum atomic E-state index is 13.3. The van der Waals surface area contributed by atoms with Gasteiger partial charge in [0.25, 0.3) is 0 Å². The first-order chi connectivity index (χ1) is 9.19. The summed E-state index contributed by atoms with van der Waals surface area (Å²) in [5.41, 5.74) is 7.95. The molecule has 0 aliphatic rings. The van der Waals surface area contributed by atoms with E-state index in [1.807, 2.05) is 30.3 Å². The second-order valence-electron chi connectivity index (χ2n) is 4.26. The van der Waals surface area contributed by atoms with Crippen LogP contribution in [0.1, 0.15) is 16.7 Å². The summed E-state index contributed by atoms with van der Waals surface area (Å²) in [4.78, 5) is 0. The van der Waals surface area contributed by atoms with Crippen molar-refractivity contribution in [2.75, 3.05) is 0 Å². The summed E-state index contributed by atoms with van der Waals surface area (Å²) >= 11 is 6.02. The summed E-state index contributed by atoms with van der Waals surface area (Å²) in [5, 5.41) is 0.671. The number of rotatable bonds is 5. The normalized spacial score (nSPS) is 10.7. The van der Waals surface area contributed by atoms with E-state index in [-0.39, 0.29) is 5.82 Å². The third kappa shape index (κ3) is 4.03. The van der Waals surface area contributed by atoms with Crippen molar-refractivity contribution in [1.82, 2.24) is 0 Å². The second kappa shape index (κ2) is 6.66. The van der Waals surface area contributed by atoms with Gasteiger partial charge in [-0.3, -0.25) is 0 Å². The Morgan fingerprint density at radius 1 is 1.05 bits per heavy atom. The van der Waals surface area contributed by atoms with Crippen LogP contribution in [0.2, 0.25) is 5.02 Å². The van der Waals surface area contributed by atoms with Crippen LogP contribution in [0.4, 0.5) is 4.39 Å². The topological polar surface area (TPSA) is 35.2 Å². The molecule has 0 atom stereocenters. The SMILES string of the molecule is NCc1cc(F)cc(COCc2ccccc2Cl)c1. The van der Waals surface area contributed by atoms with Crippen LogP contribution in [-0.2, 0) is 24.5 Å². The minimum absolute atomic E-state index is 0.292. The van der Waals surface area contributed by atoms with Crippen LogP contribution in [0.25, 0.3) is 0 Å². The second-order valence-corrected chi connectivity index (χ2v) is 4.66. The fourth-order valence-electron chi connectivity index (χ4n) is 1.81. The van der Waals surface area contributed by atoms with E-state index in [0.29, 0.717) is 24.8 Å². The molecule has 0 unspecified atom stereocenters. The highest BCUT2D eigenvalue weighted by molar-refractivity contribution is 6.31. The lowest BCUT2D eigenvalue weighted by atomic mass is 10.1. The van der Waals surface area contributed by atoms with Crippen LogP contribution < -0.4 is 5.73 Å². The van der Waals surface area contributed by atoms with Crippen molar-refractivity contribution in [3.05, 3.63) is 70.0 Å². The quantitative estimate of drug-likeness (QED) is 0.907. The summed E-state index contributed by atoms with van der Waals surface area (Å²) in [5.74, 6) is -0.292. The predicted molar refractivity (Wildman–Crippen MR) is 74.2 cm³/mol. The minimum atomic E-state index is -0.292. The molecule has 2 aromatic carbocycles. The van der Waals surface area contributed by atoms with Gasteiger partial charge in [0.2, 0.25) is 0 Å². The Morgan fingerprint density at radius 2 is 1.79 bits per heavy atom. The third-order valence-electron chi connectivity index (χ3n) is 2.74. The van der Waals surface area contributed by atoms with Gasteiger partial charge < -0.3 is 10.5 Å². The summed E-state index contributed by atoms with van der Waals surface area (Å²) in [6.07, 6.45) is 0. The zero-order valence-electron chi connectivity index (χ0n) is 10.4. The van der Waals surface area contributed by atoms with Crippen LogP contribution in [0, 0.1) is 5.82 Å². The van der Waals surface area contributed by atoms with E-state index in [0.717, 1.165) is 16.7 Å². The Morgan fingerprint density at radius 3 is 2.53 bits per heavy atom. The summed E-state index contributed by atoms with van der Waals surface area (Å²) in [7, 11) is 0. The van der Waals surface area contributed by atoms with E-state index in [4.69, 9.17) is 22.1 Å². The maximum Gasteiger partial charge on any atom is 0.123 e. The van der Waals surface area contributed by atoms with E-state index in [9.17, 15) is 4.39 Å². The molecule has 0 aliphatic carbocycles. The zero-order chi connectivity index (χ0) is 13.7.